The molecule has 1 aliphatic carbocycles. The Labute approximate surface area is 133 Å². The van der Waals surface area contributed by atoms with Crippen molar-refractivity contribution in [3.8, 4) is 0 Å². The van der Waals surface area contributed by atoms with Crippen LogP contribution in [-0.2, 0) is 0 Å². The molecule has 1 fully saturated rings. The number of aromatic nitrogens is 3. The minimum atomic E-state index is -0.450. The summed E-state index contributed by atoms with van der Waals surface area (Å²) >= 11 is 0. The van der Waals surface area contributed by atoms with E-state index in [9.17, 15) is 10.1 Å². The first kappa shape index (κ1) is 15.1. The van der Waals surface area contributed by atoms with Gasteiger partial charge in [0.1, 0.15) is 6.33 Å². The lowest BCUT2D eigenvalue weighted by Gasteiger charge is -2.23. The number of nitro groups is 1. The number of hydrogen-bond acceptors (Lipinski definition) is 7. The van der Waals surface area contributed by atoms with Gasteiger partial charge in [0.15, 0.2) is 0 Å². The molecule has 2 aromatic rings. The lowest BCUT2D eigenvalue weighted by Crippen LogP contribution is -2.23. The van der Waals surface area contributed by atoms with Crippen LogP contribution in [0.3, 0.4) is 0 Å². The Hall–Kier alpha value is -2.77. The van der Waals surface area contributed by atoms with Crippen LogP contribution in [0.15, 0.2) is 30.9 Å². The first-order valence-electron chi connectivity index (χ1n) is 7.67. The van der Waals surface area contributed by atoms with Crippen LogP contribution in [0.25, 0.3) is 0 Å². The van der Waals surface area contributed by atoms with E-state index in [1.165, 1.54) is 12.7 Å². The van der Waals surface area contributed by atoms with E-state index in [0.717, 1.165) is 25.7 Å². The standard InChI is InChI=1S/C15H18N6O2/c22-21(23)13-14(19-11-4-2-1-3-5-11)17-10-18-15(13)20-12-6-8-16-9-7-12/h6-11H,1-5H2,(H2,16,17,18,19,20). The van der Waals surface area contributed by atoms with Gasteiger partial charge in [-0.3, -0.25) is 15.1 Å². The molecule has 1 saturated carbocycles. The van der Waals surface area contributed by atoms with Crippen LogP contribution in [-0.4, -0.2) is 25.9 Å². The summed E-state index contributed by atoms with van der Waals surface area (Å²) in [5, 5.41) is 17.7. The van der Waals surface area contributed by atoms with Crippen molar-refractivity contribution in [2.45, 2.75) is 38.1 Å². The molecule has 0 aliphatic heterocycles. The molecule has 0 amide bonds. The maximum absolute atomic E-state index is 11.5. The second-order valence-electron chi connectivity index (χ2n) is 5.52. The van der Waals surface area contributed by atoms with Gasteiger partial charge in [-0.2, -0.15) is 0 Å². The smallest absolute Gasteiger partial charge is 0.353 e. The van der Waals surface area contributed by atoms with Crippen LogP contribution >= 0.6 is 0 Å². The molecule has 1 aliphatic rings. The molecule has 0 radical (unpaired) electrons. The minimum Gasteiger partial charge on any atom is -0.361 e. The number of nitrogens with zero attached hydrogens (tertiary/aromatic N) is 4. The van der Waals surface area contributed by atoms with Crippen molar-refractivity contribution in [3.05, 3.63) is 41.0 Å². The maximum atomic E-state index is 11.5. The van der Waals surface area contributed by atoms with Crippen molar-refractivity contribution < 1.29 is 4.92 Å². The number of hydrogen-bond donors (Lipinski definition) is 2. The van der Waals surface area contributed by atoms with Crippen molar-refractivity contribution in [1.82, 2.24) is 15.0 Å². The largest absolute Gasteiger partial charge is 0.361 e. The number of pyridine rings is 1. The Balaban J connectivity index is 1.87. The Morgan fingerprint density at radius 2 is 1.78 bits per heavy atom. The summed E-state index contributed by atoms with van der Waals surface area (Å²) in [4.78, 5) is 23.1. The fraction of sp³-hybridized carbons (Fsp3) is 0.400. The molecule has 2 N–H and O–H groups in total. The number of nitrogens with one attached hydrogen (secondary N) is 2. The van der Waals surface area contributed by atoms with E-state index < -0.39 is 4.92 Å². The zero-order valence-corrected chi connectivity index (χ0v) is 12.6. The Morgan fingerprint density at radius 3 is 2.48 bits per heavy atom. The van der Waals surface area contributed by atoms with E-state index in [-0.39, 0.29) is 23.4 Å². The van der Waals surface area contributed by atoms with Gasteiger partial charge in [-0.15, -0.1) is 0 Å². The van der Waals surface area contributed by atoms with Gasteiger partial charge in [0.05, 0.1) is 4.92 Å². The molecule has 3 rings (SSSR count). The Kier molecular flexibility index (Phi) is 4.60. The van der Waals surface area contributed by atoms with Crippen LogP contribution in [0, 0.1) is 10.1 Å². The van der Waals surface area contributed by atoms with Crippen molar-refractivity contribution >= 4 is 23.0 Å². The number of anilines is 3. The third-order valence-electron chi connectivity index (χ3n) is 3.89. The number of rotatable bonds is 5. The van der Waals surface area contributed by atoms with E-state index in [2.05, 4.69) is 25.6 Å². The molecule has 8 nitrogen and oxygen atoms in total. The molecule has 2 heterocycles. The van der Waals surface area contributed by atoms with Crippen molar-refractivity contribution in [3.63, 3.8) is 0 Å². The quantitative estimate of drug-likeness (QED) is 0.644. The van der Waals surface area contributed by atoms with Gasteiger partial charge in [0.2, 0.25) is 11.6 Å². The molecular weight excluding hydrogens is 296 g/mol. The predicted molar refractivity (Wildman–Crippen MR) is 86.7 cm³/mol. The van der Waals surface area contributed by atoms with Crippen LogP contribution < -0.4 is 10.6 Å². The van der Waals surface area contributed by atoms with E-state index >= 15 is 0 Å². The lowest BCUT2D eigenvalue weighted by atomic mass is 9.95. The molecule has 0 aromatic carbocycles. The summed E-state index contributed by atoms with van der Waals surface area (Å²) in [5.41, 5.74) is 0.556. The molecule has 23 heavy (non-hydrogen) atoms. The molecule has 8 heteroatoms. The van der Waals surface area contributed by atoms with Crippen LogP contribution in [0.4, 0.5) is 23.0 Å². The van der Waals surface area contributed by atoms with Crippen molar-refractivity contribution in [2.24, 2.45) is 0 Å². The first-order chi connectivity index (χ1) is 11.2. The van der Waals surface area contributed by atoms with Gasteiger partial charge in [0.25, 0.3) is 0 Å². The topological polar surface area (TPSA) is 106 Å². The van der Waals surface area contributed by atoms with Gasteiger partial charge < -0.3 is 10.6 Å². The zero-order chi connectivity index (χ0) is 16.1. The highest BCUT2D eigenvalue weighted by Gasteiger charge is 2.25. The van der Waals surface area contributed by atoms with Crippen LogP contribution in [0.1, 0.15) is 32.1 Å². The second-order valence-corrected chi connectivity index (χ2v) is 5.52. The van der Waals surface area contributed by atoms with Gasteiger partial charge in [-0.25, -0.2) is 9.97 Å². The molecule has 0 atom stereocenters. The average molecular weight is 314 g/mol. The first-order valence-corrected chi connectivity index (χ1v) is 7.67. The van der Waals surface area contributed by atoms with Crippen molar-refractivity contribution in [2.75, 3.05) is 10.6 Å². The van der Waals surface area contributed by atoms with E-state index in [1.54, 1.807) is 24.5 Å². The van der Waals surface area contributed by atoms with Gasteiger partial charge in [-0.1, -0.05) is 19.3 Å². The second kappa shape index (κ2) is 6.99. The van der Waals surface area contributed by atoms with E-state index in [4.69, 9.17) is 0 Å². The Bertz CT molecular complexity index is 673. The normalized spacial score (nSPS) is 15.1. The third-order valence-corrected chi connectivity index (χ3v) is 3.89. The summed E-state index contributed by atoms with van der Waals surface area (Å²) in [6.07, 6.45) is 10.1. The summed E-state index contributed by atoms with van der Waals surface area (Å²) in [7, 11) is 0. The molecular formula is C15H18N6O2. The lowest BCUT2D eigenvalue weighted by molar-refractivity contribution is -0.383. The SMILES string of the molecule is O=[N+]([O-])c1c(Nc2ccncc2)ncnc1NC1CCCCC1. The maximum Gasteiger partial charge on any atom is 0.353 e. The molecule has 120 valence electrons. The monoisotopic (exact) mass is 314 g/mol. The molecule has 0 unspecified atom stereocenters. The third kappa shape index (κ3) is 3.71. The molecule has 0 saturated heterocycles. The van der Waals surface area contributed by atoms with Gasteiger partial charge >= 0.3 is 5.69 Å². The highest BCUT2D eigenvalue weighted by atomic mass is 16.6. The summed E-state index contributed by atoms with van der Waals surface area (Å²) in [6, 6.07) is 3.67. The molecule has 0 bridgehead atoms. The van der Waals surface area contributed by atoms with E-state index in [1.807, 2.05) is 0 Å². The highest BCUT2D eigenvalue weighted by molar-refractivity contribution is 5.73. The molecule has 2 aromatic heterocycles. The highest BCUT2D eigenvalue weighted by Crippen LogP contribution is 2.32. The van der Waals surface area contributed by atoms with Gasteiger partial charge in [0, 0.05) is 24.1 Å². The fourth-order valence-electron chi connectivity index (χ4n) is 2.76. The summed E-state index contributed by atoms with van der Waals surface area (Å²) in [6.45, 7) is 0. The predicted octanol–water partition coefficient (Wildman–Crippen LogP) is 3.27. The van der Waals surface area contributed by atoms with Crippen molar-refractivity contribution in [1.29, 1.82) is 0 Å². The average Bonchev–Trinajstić information content (AvgIpc) is 2.56. The summed E-state index contributed by atoms with van der Waals surface area (Å²) < 4.78 is 0. The summed E-state index contributed by atoms with van der Waals surface area (Å²) in [5.74, 6) is 0.447. The Morgan fingerprint density at radius 1 is 1.09 bits per heavy atom. The van der Waals surface area contributed by atoms with Crippen LogP contribution in [0.5, 0.6) is 0 Å². The molecule has 0 spiro atoms. The zero-order valence-electron chi connectivity index (χ0n) is 12.6. The van der Waals surface area contributed by atoms with Crippen LogP contribution in [0.2, 0.25) is 0 Å². The minimum absolute atomic E-state index is 0.130. The fourth-order valence-corrected chi connectivity index (χ4v) is 2.76. The van der Waals surface area contributed by atoms with Gasteiger partial charge in [-0.05, 0) is 25.0 Å². The van der Waals surface area contributed by atoms with E-state index in [0.29, 0.717) is 5.69 Å².